The predicted molar refractivity (Wildman–Crippen MR) is 66.8 cm³/mol. The lowest BCUT2D eigenvalue weighted by Crippen LogP contribution is -2.47. The van der Waals surface area contributed by atoms with E-state index in [9.17, 15) is 4.79 Å². The Balaban J connectivity index is 1.72. The van der Waals surface area contributed by atoms with Crippen molar-refractivity contribution in [2.45, 2.75) is 32.7 Å². The Hall–Kier alpha value is -0.610. The molecule has 1 N–H and O–H groups in total. The van der Waals surface area contributed by atoms with Gasteiger partial charge >= 0.3 is 0 Å². The molecule has 0 spiro atoms. The van der Waals surface area contributed by atoms with Gasteiger partial charge in [-0.25, -0.2) is 0 Å². The maximum Gasteiger partial charge on any atom is 0.236 e. The van der Waals surface area contributed by atoms with E-state index in [1.54, 1.807) is 0 Å². The summed E-state index contributed by atoms with van der Waals surface area (Å²) in [6.07, 6.45) is 2.49. The molecule has 0 bridgehead atoms. The van der Waals surface area contributed by atoms with Crippen LogP contribution in [-0.4, -0.2) is 49.7 Å². The van der Waals surface area contributed by atoms with Gasteiger partial charge in [0, 0.05) is 19.1 Å². The molecule has 98 valence electrons. The maximum atomic E-state index is 12.0. The van der Waals surface area contributed by atoms with Crippen LogP contribution in [0.3, 0.4) is 0 Å². The van der Waals surface area contributed by atoms with Gasteiger partial charge in [-0.05, 0) is 24.7 Å². The molecule has 4 nitrogen and oxygen atoms in total. The van der Waals surface area contributed by atoms with Crippen molar-refractivity contribution in [2.24, 2.45) is 11.8 Å². The van der Waals surface area contributed by atoms with Crippen LogP contribution in [0.25, 0.3) is 0 Å². The fourth-order valence-corrected chi connectivity index (χ4v) is 2.80. The van der Waals surface area contributed by atoms with Crippen molar-refractivity contribution in [3.63, 3.8) is 0 Å². The lowest BCUT2D eigenvalue weighted by atomic mass is 9.98. The van der Waals surface area contributed by atoms with Crippen LogP contribution in [0.5, 0.6) is 0 Å². The largest absolute Gasteiger partial charge is 0.378 e. The first-order valence-electron chi connectivity index (χ1n) is 6.77. The molecule has 1 amide bonds. The Morgan fingerprint density at radius 2 is 2.00 bits per heavy atom. The van der Waals surface area contributed by atoms with Crippen LogP contribution in [0, 0.1) is 11.8 Å². The smallest absolute Gasteiger partial charge is 0.236 e. The van der Waals surface area contributed by atoms with Crippen LogP contribution < -0.4 is 5.32 Å². The number of ether oxygens (including phenoxy) is 1. The van der Waals surface area contributed by atoms with Gasteiger partial charge in [-0.3, -0.25) is 4.79 Å². The van der Waals surface area contributed by atoms with Crippen molar-refractivity contribution in [3.05, 3.63) is 0 Å². The maximum absolute atomic E-state index is 12.0. The van der Waals surface area contributed by atoms with Crippen molar-refractivity contribution < 1.29 is 9.53 Å². The van der Waals surface area contributed by atoms with E-state index in [2.05, 4.69) is 19.2 Å². The third-order valence-corrected chi connectivity index (χ3v) is 4.34. The van der Waals surface area contributed by atoms with E-state index >= 15 is 0 Å². The summed E-state index contributed by atoms with van der Waals surface area (Å²) in [7, 11) is 0. The quantitative estimate of drug-likeness (QED) is 0.796. The Bertz CT molecular complexity index is 264. The summed E-state index contributed by atoms with van der Waals surface area (Å²) in [6.45, 7) is 7.94. The molecule has 1 saturated heterocycles. The minimum atomic E-state index is 0.222. The normalized spacial score (nSPS) is 34.0. The number of hydrogen-bond acceptors (Lipinski definition) is 3. The van der Waals surface area contributed by atoms with Gasteiger partial charge < -0.3 is 15.0 Å². The lowest BCUT2D eigenvalue weighted by molar-refractivity contribution is -0.134. The Labute approximate surface area is 104 Å². The molecule has 2 rings (SSSR count). The summed E-state index contributed by atoms with van der Waals surface area (Å²) in [4.78, 5) is 13.9. The summed E-state index contributed by atoms with van der Waals surface area (Å²) in [5, 5.41) is 3.43. The lowest BCUT2D eigenvalue weighted by Gasteiger charge is -2.28. The second-order valence-electron chi connectivity index (χ2n) is 5.39. The molecule has 2 aliphatic rings. The molecular formula is C13H24N2O2. The van der Waals surface area contributed by atoms with Crippen molar-refractivity contribution in [1.29, 1.82) is 0 Å². The van der Waals surface area contributed by atoms with E-state index < -0.39 is 0 Å². The van der Waals surface area contributed by atoms with E-state index in [4.69, 9.17) is 4.74 Å². The van der Waals surface area contributed by atoms with E-state index in [1.165, 1.54) is 12.8 Å². The zero-order valence-electron chi connectivity index (χ0n) is 10.9. The van der Waals surface area contributed by atoms with Crippen molar-refractivity contribution in [1.82, 2.24) is 10.2 Å². The second-order valence-corrected chi connectivity index (χ2v) is 5.39. The monoisotopic (exact) mass is 240 g/mol. The Morgan fingerprint density at radius 1 is 1.29 bits per heavy atom. The van der Waals surface area contributed by atoms with Gasteiger partial charge in [0.05, 0.1) is 19.8 Å². The van der Waals surface area contributed by atoms with Gasteiger partial charge in [0.1, 0.15) is 0 Å². The van der Waals surface area contributed by atoms with Crippen molar-refractivity contribution in [2.75, 3.05) is 32.8 Å². The van der Waals surface area contributed by atoms with Crippen LogP contribution in [0.1, 0.15) is 26.7 Å². The number of hydrogen-bond donors (Lipinski definition) is 1. The molecule has 0 aromatic rings. The van der Waals surface area contributed by atoms with Crippen LogP contribution in [0.15, 0.2) is 0 Å². The number of morpholine rings is 1. The number of carbonyl (C=O) groups excluding carboxylic acids is 1. The highest BCUT2D eigenvalue weighted by Crippen LogP contribution is 2.30. The Kier molecular flexibility index (Phi) is 4.40. The van der Waals surface area contributed by atoms with Gasteiger partial charge in [-0.2, -0.15) is 0 Å². The van der Waals surface area contributed by atoms with E-state index in [-0.39, 0.29) is 5.91 Å². The average molecular weight is 240 g/mol. The standard InChI is InChI=1S/C13H24N2O2/c1-10-3-4-12(11(10)2)14-9-13(16)15-5-7-17-8-6-15/h10-12,14H,3-9H2,1-2H3. The molecular weight excluding hydrogens is 216 g/mol. The summed E-state index contributed by atoms with van der Waals surface area (Å²) in [5.41, 5.74) is 0. The fourth-order valence-electron chi connectivity index (χ4n) is 2.80. The number of amides is 1. The number of nitrogens with zero attached hydrogens (tertiary/aromatic N) is 1. The van der Waals surface area contributed by atoms with Crippen molar-refractivity contribution in [3.8, 4) is 0 Å². The molecule has 1 aliphatic carbocycles. The van der Waals surface area contributed by atoms with Crippen LogP contribution in [0.4, 0.5) is 0 Å². The third kappa shape index (κ3) is 3.19. The Morgan fingerprint density at radius 3 is 2.59 bits per heavy atom. The van der Waals surface area contributed by atoms with Gasteiger partial charge in [-0.1, -0.05) is 13.8 Å². The second kappa shape index (κ2) is 5.83. The molecule has 3 atom stereocenters. The van der Waals surface area contributed by atoms with Crippen LogP contribution >= 0.6 is 0 Å². The van der Waals surface area contributed by atoms with Crippen molar-refractivity contribution >= 4 is 5.91 Å². The number of carbonyl (C=O) groups is 1. The average Bonchev–Trinajstić information content (AvgIpc) is 2.68. The molecule has 1 aliphatic heterocycles. The van der Waals surface area contributed by atoms with E-state index in [0.717, 1.165) is 19.0 Å². The highest BCUT2D eigenvalue weighted by Gasteiger charge is 2.30. The molecule has 0 aromatic carbocycles. The minimum absolute atomic E-state index is 0.222. The summed E-state index contributed by atoms with van der Waals surface area (Å²) in [6, 6.07) is 0.523. The SMILES string of the molecule is CC1CCC(NCC(=O)N2CCOCC2)C1C. The minimum Gasteiger partial charge on any atom is -0.378 e. The summed E-state index contributed by atoms with van der Waals surface area (Å²) >= 11 is 0. The van der Waals surface area contributed by atoms with Gasteiger partial charge in [0.2, 0.25) is 5.91 Å². The molecule has 2 fully saturated rings. The predicted octanol–water partition coefficient (Wildman–Crippen LogP) is 0.869. The van der Waals surface area contributed by atoms with Crippen LogP contribution in [-0.2, 0) is 9.53 Å². The molecule has 3 unspecified atom stereocenters. The molecule has 4 heteroatoms. The molecule has 1 saturated carbocycles. The first-order valence-corrected chi connectivity index (χ1v) is 6.77. The highest BCUT2D eigenvalue weighted by atomic mass is 16.5. The fraction of sp³-hybridized carbons (Fsp3) is 0.923. The summed E-state index contributed by atoms with van der Waals surface area (Å²) < 4.78 is 5.24. The first kappa shape index (κ1) is 12.8. The zero-order valence-corrected chi connectivity index (χ0v) is 10.9. The topological polar surface area (TPSA) is 41.6 Å². The summed E-state index contributed by atoms with van der Waals surface area (Å²) in [5.74, 6) is 1.69. The molecule has 1 heterocycles. The van der Waals surface area contributed by atoms with Crippen LogP contribution in [0.2, 0.25) is 0 Å². The van der Waals surface area contributed by atoms with E-state index in [1.807, 2.05) is 4.90 Å². The molecule has 0 aromatic heterocycles. The van der Waals surface area contributed by atoms with Gasteiger partial charge in [0.15, 0.2) is 0 Å². The van der Waals surface area contributed by atoms with Gasteiger partial charge in [-0.15, -0.1) is 0 Å². The van der Waals surface area contributed by atoms with E-state index in [0.29, 0.717) is 31.7 Å². The number of rotatable bonds is 3. The zero-order chi connectivity index (χ0) is 12.3. The number of nitrogens with one attached hydrogen (secondary N) is 1. The molecule has 0 radical (unpaired) electrons. The molecule has 17 heavy (non-hydrogen) atoms. The van der Waals surface area contributed by atoms with Gasteiger partial charge in [0.25, 0.3) is 0 Å². The first-order chi connectivity index (χ1) is 8.18. The highest BCUT2D eigenvalue weighted by molar-refractivity contribution is 5.78. The third-order valence-electron chi connectivity index (χ3n) is 4.34.